The molecular weight excluding hydrogens is 528 g/mol. The van der Waals surface area contributed by atoms with Crippen LogP contribution in [0.3, 0.4) is 0 Å². The van der Waals surface area contributed by atoms with Crippen LogP contribution in [0.1, 0.15) is 147 Å². The lowest BCUT2D eigenvalue weighted by Crippen LogP contribution is -2.41. The lowest BCUT2D eigenvalue weighted by Gasteiger charge is -2.32. The van der Waals surface area contributed by atoms with Crippen LogP contribution >= 0.6 is 0 Å². The maximum atomic E-state index is 13.1. The molecule has 43 heavy (non-hydrogen) atoms. The molecule has 4 rings (SSSR count). The highest BCUT2D eigenvalue weighted by molar-refractivity contribution is 5.80. The molecule has 0 saturated carbocycles. The first-order valence-corrected chi connectivity index (χ1v) is 15.9. The highest BCUT2D eigenvalue weighted by atomic mass is 16.1. The van der Waals surface area contributed by atoms with Gasteiger partial charge in [0.15, 0.2) is 0 Å². The highest BCUT2D eigenvalue weighted by Crippen LogP contribution is 2.35. The van der Waals surface area contributed by atoms with Crippen LogP contribution in [0.25, 0.3) is 16.6 Å². The highest BCUT2D eigenvalue weighted by Gasteiger charge is 2.32. The second-order valence-electron chi connectivity index (χ2n) is 18.5. The van der Waals surface area contributed by atoms with E-state index in [9.17, 15) is 4.79 Å². The third kappa shape index (κ3) is 7.13. The minimum Gasteiger partial charge on any atom is -0.303 e. The standard InChI is InChI=1S/C19H30N2O.C19H30N2/c1-17(2,3)13-10-11-15-14(12-13)16(22)21(19(7,8)9)20(15)18(4,5)6;1-17(2,3)13-10-11-21-14(12-13)20-15(18(4,5)6)16(21)19(7,8)9/h10-12H,1-9H3;10-12H,1-9H3. The van der Waals surface area contributed by atoms with Crippen LogP contribution in [0.5, 0.6) is 0 Å². The van der Waals surface area contributed by atoms with Gasteiger partial charge < -0.3 is 4.40 Å². The van der Waals surface area contributed by atoms with E-state index < -0.39 is 0 Å². The number of imidazole rings is 1. The Hall–Kier alpha value is -2.82. The SMILES string of the molecule is CC(C)(C)c1ccc2c(c1)c(=O)n(C(C)(C)C)n2C(C)(C)C.CC(C)(C)c1ccn2c(C(C)(C)C)c(C(C)(C)C)nc2c1. The first-order valence-electron chi connectivity index (χ1n) is 15.9. The van der Waals surface area contributed by atoms with Crippen LogP contribution in [0.2, 0.25) is 0 Å². The van der Waals surface area contributed by atoms with Crippen LogP contribution in [-0.4, -0.2) is 18.7 Å². The predicted octanol–water partition coefficient (Wildman–Crippen LogP) is 9.84. The average Bonchev–Trinajstić information content (AvgIpc) is 3.33. The van der Waals surface area contributed by atoms with Crippen molar-refractivity contribution in [2.45, 2.75) is 157 Å². The van der Waals surface area contributed by atoms with Gasteiger partial charge in [0.25, 0.3) is 5.56 Å². The van der Waals surface area contributed by atoms with Crippen molar-refractivity contribution in [3.63, 3.8) is 0 Å². The Kier molecular flexibility index (Phi) is 8.60. The molecule has 5 nitrogen and oxygen atoms in total. The number of hydrogen-bond acceptors (Lipinski definition) is 2. The number of rotatable bonds is 0. The minimum atomic E-state index is -0.259. The molecule has 238 valence electrons. The summed E-state index contributed by atoms with van der Waals surface area (Å²) >= 11 is 0. The van der Waals surface area contributed by atoms with E-state index in [1.54, 1.807) is 0 Å². The molecule has 0 aliphatic heterocycles. The van der Waals surface area contributed by atoms with Crippen LogP contribution in [0.4, 0.5) is 0 Å². The van der Waals surface area contributed by atoms with Crippen molar-refractivity contribution in [1.82, 2.24) is 18.7 Å². The van der Waals surface area contributed by atoms with Gasteiger partial charge in [-0.1, -0.05) is 89.2 Å². The molecule has 0 atom stereocenters. The zero-order valence-corrected chi connectivity index (χ0v) is 30.7. The van der Waals surface area contributed by atoms with Crippen molar-refractivity contribution in [2.75, 3.05) is 0 Å². The Morgan fingerprint density at radius 3 is 1.47 bits per heavy atom. The summed E-state index contributed by atoms with van der Waals surface area (Å²) < 4.78 is 6.33. The summed E-state index contributed by atoms with van der Waals surface area (Å²) in [5.41, 5.74) is 7.15. The number of fused-ring (bicyclic) bond motifs is 2. The molecule has 1 aromatic carbocycles. The van der Waals surface area contributed by atoms with E-state index in [-0.39, 0.29) is 38.3 Å². The van der Waals surface area contributed by atoms with Crippen LogP contribution in [-0.2, 0) is 32.7 Å². The van der Waals surface area contributed by atoms with Gasteiger partial charge in [0.1, 0.15) is 5.65 Å². The van der Waals surface area contributed by atoms with Gasteiger partial charge >= 0.3 is 0 Å². The van der Waals surface area contributed by atoms with Gasteiger partial charge in [0.2, 0.25) is 0 Å². The molecule has 0 unspecified atom stereocenters. The number of hydrogen-bond donors (Lipinski definition) is 0. The van der Waals surface area contributed by atoms with Gasteiger partial charge in [-0.25, -0.2) is 9.67 Å². The van der Waals surface area contributed by atoms with E-state index in [1.807, 2.05) is 4.68 Å². The van der Waals surface area contributed by atoms with Gasteiger partial charge in [-0.15, -0.1) is 0 Å². The van der Waals surface area contributed by atoms with Gasteiger partial charge in [-0.3, -0.25) is 9.48 Å². The van der Waals surface area contributed by atoms with Crippen molar-refractivity contribution in [2.24, 2.45) is 0 Å². The third-order valence-electron chi connectivity index (χ3n) is 7.90. The maximum Gasteiger partial charge on any atom is 0.275 e. The molecule has 3 aromatic heterocycles. The van der Waals surface area contributed by atoms with Crippen molar-refractivity contribution < 1.29 is 0 Å². The fourth-order valence-corrected chi connectivity index (χ4v) is 5.69. The van der Waals surface area contributed by atoms with Gasteiger partial charge in [0.05, 0.1) is 33.4 Å². The largest absolute Gasteiger partial charge is 0.303 e. The molecule has 0 saturated heterocycles. The monoisotopic (exact) mass is 588 g/mol. The van der Waals surface area contributed by atoms with E-state index in [2.05, 4.69) is 170 Å². The Morgan fingerprint density at radius 1 is 0.558 bits per heavy atom. The number of benzene rings is 1. The molecule has 4 aromatic rings. The normalized spacial score (nSPS) is 13.9. The molecule has 0 amide bonds. The number of nitrogens with zero attached hydrogens (tertiary/aromatic N) is 4. The van der Waals surface area contributed by atoms with Crippen molar-refractivity contribution in [3.05, 3.63) is 69.4 Å². The van der Waals surface area contributed by atoms with E-state index in [4.69, 9.17) is 4.98 Å². The van der Waals surface area contributed by atoms with Gasteiger partial charge in [0, 0.05) is 17.0 Å². The molecule has 0 aliphatic rings. The molecule has 0 radical (unpaired) electrons. The molecule has 5 heteroatoms. The fraction of sp³-hybridized carbons (Fsp3) is 0.632. The second kappa shape index (κ2) is 10.7. The van der Waals surface area contributed by atoms with E-state index in [1.165, 1.54) is 22.5 Å². The van der Waals surface area contributed by atoms with Crippen LogP contribution in [0, 0.1) is 0 Å². The molecule has 3 heterocycles. The number of pyridine rings is 1. The summed E-state index contributed by atoms with van der Waals surface area (Å²) in [5, 5.41) is 0.817. The van der Waals surface area contributed by atoms with Crippen molar-refractivity contribution >= 4 is 16.6 Å². The molecule has 0 bridgehead atoms. The summed E-state index contributed by atoms with van der Waals surface area (Å²) in [7, 11) is 0. The summed E-state index contributed by atoms with van der Waals surface area (Å²) in [6.07, 6.45) is 2.19. The molecule has 0 spiro atoms. The Morgan fingerprint density at radius 2 is 1.05 bits per heavy atom. The maximum absolute atomic E-state index is 13.1. The Labute approximate surface area is 261 Å². The first kappa shape index (κ1) is 34.7. The van der Waals surface area contributed by atoms with Crippen molar-refractivity contribution in [3.8, 4) is 0 Å². The fourth-order valence-electron chi connectivity index (χ4n) is 5.69. The lowest BCUT2D eigenvalue weighted by atomic mass is 9.82. The third-order valence-corrected chi connectivity index (χ3v) is 7.90. The smallest absolute Gasteiger partial charge is 0.275 e. The average molecular weight is 589 g/mol. The van der Waals surface area contributed by atoms with Crippen molar-refractivity contribution in [1.29, 1.82) is 0 Å². The Balaban J connectivity index is 0.000000236. The van der Waals surface area contributed by atoms with Gasteiger partial charge in [-0.2, -0.15) is 0 Å². The molecule has 0 aliphatic carbocycles. The first-order chi connectivity index (χ1) is 19.1. The molecular formula is C38H60N4O. The zero-order valence-electron chi connectivity index (χ0n) is 30.7. The lowest BCUT2D eigenvalue weighted by molar-refractivity contribution is 0.220. The second-order valence-corrected chi connectivity index (χ2v) is 18.5. The quantitative estimate of drug-likeness (QED) is 0.205. The molecule has 0 fully saturated rings. The van der Waals surface area contributed by atoms with E-state index >= 15 is 0 Å². The minimum absolute atomic E-state index is 0.0387. The summed E-state index contributed by atoms with van der Waals surface area (Å²) in [6, 6.07) is 10.8. The Bertz CT molecular complexity index is 1670. The number of aromatic nitrogens is 4. The summed E-state index contributed by atoms with van der Waals surface area (Å²) in [5.74, 6) is 0. The van der Waals surface area contributed by atoms with Crippen LogP contribution in [0.15, 0.2) is 41.3 Å². The van der Waals surface area contributed by atoms with E-state index in [0.717, 1.165) is 16.6 Å². The zero-order chi connectivity index (χ0) is 33.3. The topological polar surface area (TPSA) is 44.2 Å². The van der Waals surface area contributed by atoms with Gasteiger partial charge in [-0.05, 0) is 87.8 Å². The summed E-state index contributed by atoms with van der Waals surface area (Å²) in [6.45, 7) is 39.5. The van der Waals surface area contributed by atoms with E-state index in [0.29, 0.717) is 0 Å². The van der Waals surface area contributed by atoms with Crippen LogP contribution < -0.4 is 5.56 Å². The summed E-state index contributed by atoms with van der Waals surface area (Å²) in [4.78, 5) is 18.1. The predicted molar refractivity (Wildman–Crippen MR) is 186 cm³/mol. The molecule has 0 N–H and O–H groups in total.